The Morgan fingerprint density at radius 2 is 2.14 bits per heavy atom. The maximum absolute atomic E-state index is 11.9. The van der Waals surface area contributed by atoms with Gasteiger partial charge in [0.1, 0.15) is 0 Å². The zero-order chi connectivity index (χ0) is 16.1. The Bertz CT molecular complexity index is 504. The molecule has 2 N–H and O–H groups in total. The summed E-state index contributed by atoms with van der Waals surface area (Å²) in [6, 6.07) is 8.29. The quantitative estimate of drug-likeness (QED) is 0.814. The molecule has 0 spiro atoms. The van der Waals surface area contributed by atoms with E-state index in [0.717, 1.165) is 30.6 Å². The Balaban J connectivity index is 1.98. The minimum absolute atomic E-state index is 0.149. The number of anilines is 1. The second-order valence-corrected chi connectivity index (χ2v) is 6.33. The van der Waals surface area contributed by atoms with Crippen LogP contribution in [-0.2, 0) is 4.79 Å². The van der Waals surface area contributed by atoms with Gasteiger partial charge in [-0.15, -0.1) is 0 Å². The summed E-state index contributed by atoms with van der Waals surface area (Å²) < 4.78 is 0. The molecule has 4 nitrogen and oxygen atoms in total. The Morgan fingerprint density at radius 1 is 1.36 bits per heavy atom. The van der Waals surface area contributed by atoms with Crippen molar-refractivity contribution in [2.24, 2.45) is 5.92 Å². The molecule has 1 aliphatic rings. The Morgan fingerprint density at radius 3 is 2.77 bits per heavy atom. The van der Waals surface area contributed by atoms with Crippen molar-refractivity contribution in [2.45, 2.75) is 52.2 Å². The molecular formula is C18H28N2O2. The van der Waals surface area contributed by atoms with Gasteiger partial charge >= 0.3 is 0 Å². The maximum Gasteiger partial charge on any atom is 0.227 e. The van der Waals surface area contributed by atoms with Crippen LogP contribution < -0.4 is 10.2 Å². The van der Waals surface area contributed by atoms with Crippen molar-refractivity contribution in [3.05, 3.63) is 29.8 Å². The molecule has 1 aromatic rings. The van der Waals surface area contributed by atoms with E-state index in [1.54, 1.807) is 0 Å². The van der Waals surface area contributed by atoms with Crippen LogP contribution >= 0.6 is 0 Å². The molecule has 0 aromatic heterocycles. The number of carbonyl (C=O) groups excluding carboxylic acids is 1. The van der Waals surface area contributed by atoms with E-state index < -0.39 is 0 Å². The topological polar surface area (TPSA) is 52.6 Å². The minimum Gasteiger partial charge on any atom is -0.392 e. The number of hydrogen-bond acceptors (Lipinski definition) is 3. The predicted molar refractivity (Wildman–Crippen MR) is 89.9 cm³/mol. The lowest BCUT2D eigenvalue weighted by Gasteiger charge is -2.22. The summed E-state index contributed by atoms with van der Waals surface area (Å²) in [5, 5.41) is 13.4. The summed E-state index contributed by atoms with van der Waals surface area (Å²) in [5.74, 6) is 0.512. The molecule has 3 unspecified atom stereocenters. The van der Waals surface area contributed by atoms with Gasteiger partial charge in [0.2, 0.25) is 5.91 Å². The highest BCUT2D eigenvalue weighted by atomic mass is 16.3. The van der Waals surface area contributed by atoms with Gasteiger partial charge in [0.15, 0.2) is 0 Å². The van der Waals surface area contributed by atoms with Crippen molar-refractivity contribution < 1.29 is 9.90 Å². The van der Waals surface area contributed by atoms with Gasteiger partial charge < -0.3 is 15.3 Å². The molecule has 1 heterocycles. The minimum atomic E-state index is -0.323. The first-order chi connectivity index (χ1) is 10.5. The molecule has 122 valence electrons. The molecule has 1 saturated heterocycles. The van der Waals surface area contributed by atoms with E-state index in [1.165, 1.54) is 0 Å². The highest BCUT2D eigenvalue weighted by molar-refractivity contribution is 5.95. The fraction of sp³-hybridized carbons (Fsp3) is 0.611. The van der Waals surface area contributed by atoms with Crippen molar-refractivity contribution >= 4 is 11.6 Å². The second kappa shape index (κ2) is 7.75. The van der Waals surface area contributed by atoms with Gasteiger partial charge in [-0.25, -0.2) is 0 Å². The van der Waals surface area contributed by atoms with E-state index in [0.29, 0.717) is 18.9 Å². The lowest BCUT2D eigenvalue weighted by Crippen LogP contribution is -2.33. The van der Waals surface area contributed by atoms with Crippen LogP contribution in [0.15, 0.2) is 24.3 Å². The van der Waals surface area contributed by atoms with Crippen molar-refractivity contribution in [2.75, 3.05) is 18.0 Å². The van der Waals surface area contributed by atoms with Gasteiger partial charge in [0.25, 0.3) is 0 Å². The summed E-state index contributed by atoms with van der Waals surface area (Å²) in [7, 11) is 0. The normalized spacial score (nSPS) is 19.3. The molecule has 22 heavy (non-hydrogen) atoms. The van der Waals surface area contributed by atoms with Crippen LogP contribution in [0.4, 0.5) is 5.69 Å². The third kappa shape index (κ3) is 4.08. The van der Waals surface area contributed by atoms with E-state index >= 15 is 0 Å². The Kier molecular flexibility index (Phi) is 5.98. The molecule has 0 saturated carbocycles. The number of nitrogens with zero attached hydrogens (tertiary/aromatic N) is 1. The predicted octanol–water partition coefficient (Wildman–Crippen LogP) is 2.87. The Hall–Kier alpha value is -1.39. The molecular weight excluding hydrogens is 276 g/mol. The molecule has 0 bridgehead atoms. The smallest absolute Gasteiger partial charge is 0.227 e. The van der Waals surface area contributed by atoms with Gasteiger partial charge in [0.05, 0.1) is 6.10 Å². The summed E-state index contributed by atoms with van der Waals surface area (Å²) in [6.45, 7) is 7.65. The van der Waals surface area contributed by atoms with Crippen LogP contribution in [0.2, 0.25) is 0 Å². The first-order valence-electron chi connectivity index (χ1n) is 8.34. The molecule has 1 aromatic carbocycles. The zero-order valence-electron chi connectivity index (χ0n) is 13.9. The second-order valence-electron chi connectivity index (χ2n) is 6.33. The van der Waals surface area contributed by atoms with Crippen LogP contribution in [-0.4, -0.2) is 30.2 Å². The number of amides is 1. The molecule has 4 heteroatoms. The van der Waals surface area contributed by atoms with Crippen molar-refractivity contribution in [1.29, 1.82) is 0 Å². The molecule has 2 rings (SSSR count). The molecule has 1 fully saturated rings. The molecule has 1 aliphatic heterocycles. The van der Waals surface area contributed by atoms with Crippen LogP contribution in [0.25, 0.3) is 0 Å². The number of rotatable bonds is 7. The lowest BCUT2D eigenvalue weighted by molar-refractivity contribution is -0.117. The zero-order valence-corrected chi connectivity index (χ0v) is 13.9. The number of carbonyl (C=O) groups is 1. The van der Waals surface area contributed by atoms with E-state index in [2.05, 4.69) is 38.2 Å². The summed E-state index contributed by atoms with van der Waals surface area (Å²) in [6.07, 6.45) is 2.25. The first-order valence-corrected chi connectivity index (χ1v) is 8.34. The molecule has 1 amide bonds. The van der Waals surface area contributed by atoms with Crippen molar-refractivity contribution in [1.82, 2.24) is 5.32 Å². The first kappa shape index (κ1) is 17.0. The number of aliphatic hydroxyl groups is 1. The summed E-state index contributed by atoms with van der Waals surface area (Å²) in [5.41, 5.74) is 2.13. The lowest BCUT2D eigenvalue weighted by atomic mass is 10.0. The summed E-state index contributed by atoms with van der Waals surface area (Å²) >= 11 is 0. The standard InChI is InChI=1S/C18H28N2O2/c1-4-13(2)17(21)12-19-14(3)15-7-5-8-16(11-15)20-10-6-9-18(20)22/h5,7-8,11,13-14,17,19,21H,4,6,9-10,12H2,1-3H3. The monoisotopic (exact) mass is 304 g/mol. The van der Waals surface area contributed by atoms with Crippen LogP contribution in [0.3, 0.4) is 0 Å². The van der Waals surface area contributed by atoms with Gasteiger partial charge in [0, 0.05) is 31.2 Å². The van der Waals surface area contributed by atoms with Crippen molar-refractivity contribution in [3.63, 3.8) is 0 Å². The van der Waals surface area contributed by atoms with Gasteiger partial charge in [-0.1, -0.05) is 32.4 Å². The highest BCUT2D eigenvalue weighted by Crippen LogP contribution is 2.24. The van der Waals surface area contributed by atoms with Crippen LogP contribution in [0.1, 0.15) is 51.6 Å². The third-order valence-electron chi connectivity index (χ3n) is 4.69. The van der Waals surface area contributed by atoms with E-state index in [4.69, 9.17) is 0 Å². The number of benzene rings is 1. The van der Waals surface area contributed by atoms with Crippen LogP contribution in [0, 0.1) is 5.92 Å². The molecule has 0 aliphatic carbocycles. The van der Waals surface area contributed by atoms with E-state index in [-0.39, 0.29) is 18.1 Å². The van der Waals surface area contributed by atoms with Crippen LogP contribution in [0.5, 0.6) is 0 Å². The van der Waals surface area contributed by atoms with Gasteiger partial charge in [-0.3, -0.25) is 4.79 Å². The number of nitrogens with one attached hydrogen (secondary N) is 1. The third-order valence-corrected chi connectivity index (χ3v) is 4.69. The average molecular weight is 304 g/mol. The molecule has 0 radical (unpaired) electrons. The summed E-state index contributed by atoms with van der Waals surface area (Å²) in [4.78, 5) is 13.7. The Labute approximate surface area is 133 Å². The number of aliphatic hydroxyl groups excluding tert-OH is 1. The van der Waals surface area contributed by atoms with Crippen molar-refractivity contribution in [3.8, 4) is 0 Å². The fourth-order valence-electron chi connectivity index (χ4n) is 2.77. The largest absolute Gasteiger partial charge is 0.392 e. The average Bonchev–Trinajstić information content (AvgIpc) is 2.97. The fourth-order valence-corrected chi connectivity index (χ4v) is 2.77. The SMILES string of the molecule is CCC(C)C(O)CNC(C)c1cccc(N2CCCC2=O)c1. The van der Waals surface area contributed by atoms with E-state index in [9.17, 15) is 9.90 Å². The molecule has 3 atom stereocenters. The van der Waals surface area contributed by atoms with E-state index in [1.807, 2.05) is 17.0 Å². The highest BCUT2D eigenvalue weighted by Gasteiger charge is 2.22. The van der Waals surface area contributed by atoms with Gasteiger partial charge in [-0.05, 0) is 37.0 Å². The van der Waals surface area contributed by atoms with Gasteiger partial charge in [-0.2, -0.15) is 0 Å². The number of hydrogen-bond donors (Lipinski definition) is 2. The maximum atomic E-state index is 11.9.